The summed E-state index contributed by atoms with van der Waals surface area (Å²) in [5, 5.41) is 8.42. The van der Waals surface area contributed by atoms with E-state index in [1.807, 2.05) is 49.2 Å². The second-order valence-electron chi connectivity index (χ2n) is 4.73. The van der Waals surface area contributed by atoms with Crippen LogP contribution in [0.25, 0.3) is 0 Å². The molecule has 4 nitrogen and oxygen atoms in total. The summed E-state index contributed by atoms with van der Waals surface area (Å²) in [5.41, 5.74) is 8.37. The number of nitrogens with two attached hydrogens (primary N) is 1. The number of hydrogen-bond acceptors (Lipinski definition) is 3. The fraction of sp³-hybridized carbons (Fsp3) is 0.200. The summed E-state index contributed by atoms with van der Waals surface area (Å²) < 4.78 is 0. The maximum absolute atomic E-state index is 7.71. The highest BCUT2D eigenvalue weighted by atomic mass is 35.5. The molecule has 0 bridgehead atoms. The first kappa shape index (κ1) is 14.3. The van der Waals surface area contributed by atoms with Crippen LogP contribution in [0.3, 0.4) is 0 Å². The summed E-state index contributed by atoms with van der Waals surface area (Å²) in [6, 6.07) is 9.54. The van der Waals surface area contributed by atoms with Crippen molar-refractivity contribution in [1.82, 2.24) is 4.98 Å². The van der Waals surface area contributed by atoms with Gasteiger partial charge in [0.05, 0.1) is 5.56 Å². The maximum Gasteiger partial charge on any atom is 0.139 e. The number of nitrogens with one attached hydrogen (secondary N) is 1. The van der Waals surface area contributed by atoms with Gasteiger partial charge in [0.15, 0.2) is 0 Å². The molecular weight excluding hydrogens is 272 g/mol. The van der Waals surface area contributed by atoms with Crippen LogP contribution in [0, 0.1) is 12.3 Å². The molecule has 5 heteroatoms. The van der Waals surface area contributed by atoms with E-state index in [2.05, 4.69) is 4.98 Å². The van der Waals surface area contributed by atoms with E-state index < -0.39 is 0 Å². The van der Waals surface area contributed by atoms with Gasteiger partial charge in [-0.2, -0.15) is 0 Å². The predicted octanol–water partition coefficient (Wildman–Crippen LogP) is 2.96. The Bertz CT molecular complexity index is 640. The Morgan fingerprint density at radius 1 is 1.40 bits per heavy atom. The number of nitrogen functional groups attached to an aromatic ring is 1. The third-order valence-electron chi connectivity index (χ3n) is 3.08. The van der Waals surface area contributed by atoms with Crippen molar-refractivity contribution < 1.29 is 0 Å². The van der Waals surface area contributed by atoms with Crippen LogP contribution in [-0.2, 0) is 6.54 Å². The van der Waals surface area contributed by atoms with Gasteiger partial charge in [-0.05, 0) is 36.2 Å². The summed E-state index contributed by atoms with van der Waals surface area (Å²) in [5.74, 6) is 0.737. The quantitative estimate of drug-likeness (QED) is 0.671. The molecule has 0 saturated carbocycles. The van der Waals surface area contributed by atoms with Crippen LogP contribution in [0.1, 0.15) is 16.7 Å². The second kappa shape index (κ2) is 5.92. The Morgan fingerprint density at radius 3 is 2.80 bits per heavy atom. The fourth-order valence-corrected chi connectivity index (χ4v) is 2.36. The zero-order valence-electron chi connectivity index (χ0n) is 11.5. The zero-order valence-corrected chi connectivity index (χ0v) is 12.3. The average molecular weight is 289 g/mol. The van der Waals surface area contributed by atoms with Gasteiger partial charge in [-0.3, -0.25) is 5.41 Å². The number of rotatable bonds is 4. The van der Waals surface area contributed by atoms with Crippen molar-refractivity contribution in [2.75, 3.05) is 11.9 Å². The van der Waals surface area contributed by atoms with Crippen LogP contribution in [-0.4, -0.2) is 17.9 Å². The molecule has 20 heavy (non-hydrogen) atoms. The van der Waals surface area contributed by atoms with Crippen LogP contribution >= 0.6 is 11.6 Å². The lowest BCUT2D eigenvalue weighted by Gasteiger charge is -2.22. The number of anilines is 1. The van der Waals surface area contributed by atoms with Crippen LogP contribution in [0.15, 0.2) is 36.5 Å². The van der Waals surface area contributed by atoms with Crippen molar-refractivity contribution in [3.05, 3.63) is 58.2 Å². The van der Waals surface area contributed by atoms with Crippen molar-refractivity contribution in [3.8, 4) is 0 Å². The number of aryl methyl sites for hydroxylation is 1. The molecule has 2 rings (SSSR count). The highest BCUT2D eigenvalue weighted by Crippen LogP contribution is 2.21. The third kappa shape index (κ3) is 3.08. The van der Waals surface area contributed by atoms with E-state index in [1.165, 1.54) is 0 Å². The second-order valence-corrected chi connectivity index (χ2v) is 5.16. The normalized spacial score (nSPS) is 10.3. The maximum atomic E-state index is 7.71. The van der Waals surface area contributed by atoms with Gasteiger partial charge in [-0.25, -0.2) is 4.98 Å². The van der Waals surface area contributed by atoms with Crippen molar-refractivity contribution >= 4 is 23.3 Å². The lowest BCUT2D eigenvalue weighted by Crippen LogP contribution is -2.24. The molecular formula is C15H17ClN4. The summed E-state index contributed by atoms with van der Waals surface area (Å²) in [4.78, 5) is 6.32. The molecule has 0 atom stereocenters. The van der Waals surface area contributed by atoms with Gasteiger partial charge in [0.2, 0.25) is 0 Å². The van der Waals surface area contributed by atoms with Gasteiger partial charge >= 0.3 is 0 Å². The summed E-state index contributed by atoms with van der Waals surface area (Å²) in [6.07, 6.45) is 1.73. The number of halogens is 1. The molecule has 0 fully saturated rings. The number of nitrogens with zero attached hydrogens (tertiary/aromatic N) is 2. The van der Waals surface area contributed by atoms with E-state index in [-0.39, 0.29) is 5.84 Å². The summed E-state index contributed by atoms with van der Waals surface area (Å²) >= 11 is 5.99. The minimum absolute atomic E-state index is 0.0311. The van der Waals surface area contributed by atoms with E-state index in [4.69, 9.17) is 22.7 Å². The van der Waals surface area contributed by atoms with E-state index in [1.54, 1.807) is 6.20 Å². The van der Waals surface area contributed by atoms with Crippen molar-refractivity contribution in [2.45, 2.75) is 13.5 Å². The van der Waals surface area contributed by atoms with Gasteiger partial charge in [0.25, 0.3) is 0 Å². The topological polar surface area (TPSA) is 66.0 Å². The minimum Gasteiger partial charge on any atom is -0.384 e. The molecule has 1 aromatic carbocycles. The van der Waals surface area contributed by atoms with Gasteiger partial charge in [-0.15, -0.1) is 0 Å². The molecule has 2 aromatic rings. The largest absolute Gasteiger partial charge is 0.384 e. The van der Waals surface area contributed by atoms with Crippen molar-refractivity contribution in [3.63, 3.8) is 0 Å². The first-order chi connectivity index (χ1) is 9.49. The average Bonchev–Trinajstić information content (AvgIpc) is 2.37. The van der Waals surface area contributed by atoms with Gasteiger partial charge < -0.3 is 10.6 Å². The van der Waals surface area contributed by atoms with Gasteiger partial charge in [-0.1, -0.05) is 23.7 Å². The SMILES string of the molecule is Cc1ccnc(N(C)Cc2cccc(Cl)c2)c1C(=N)N. The molecule has 0 amide bonds. The van der Waals surface area contributed by atoms with E-state index in [0.29, 0.717) is 22.9 Å². The number of benzene rings is 1. The lowest BCUT2D eigenvalue weighted by atomic mass is 10.1. The molecule has 1 aromatic heterocycles. The highest BCUT2D eigenvalue weighted by Gasteiger charge is 2.14. The Balaban J connectivity index is 2.32. The molecule has 1 heterocycles. The van der Waals surface area contributed by atoms with Gasteiger partial charge in [0, 0.05) is 24.8 Å². The van der Waals surface area contributed by atoms with Crippen LogP contribution in [0.5, 0.6) is 0 Å². The van der Waals surface area contributed by atoms with E-state index >= 15 is 0 Å². The van der Waals surface area contributed by atoms with E-state index in [0.717, 1.165) is 11.1 Å². The molecule has 0 aliphatic rings. The Labute approximate surface area is 123 Å². The highest BCUT2D eigenvalue weighted by molar-refractivity contribution is 6.30. The van der Waals surface area contributed by atoms with Gasteiger partial charge in [0.1, 0.15) is 11.7 Å². The molecule has 0 aliphatic carbocycles. The monoisotopic (exact) mass is 288 g/mol. The lowest BCUT2D eigenvalue weighted by molar-refractivity contribution is 0.893. The zero-order chi connectivity index (χ0) is 14.7. The number of pyridine rings is 1. The molecule has 0 unspecified atom stereocenters. The molecule has 0 saturated heterocycles. The summed E-state index contributed by atoms with van der Waals surface area (Å²) in [6.45, 7) is 2.58. The number of amidine groups is 1. The van der Waals surface area contributed by atoms with E-state index in [9.17, 15) is 0 Å². The van der Waals surface area contributed by atoms with Crippen LogP contribution < -0.4 is 10.6 Å². The number of aromatic nitrogens is 1. The first-order valence-electron chi connectivity index (χ1n) is 6.24. The molecule has 0 aliphatic heterocycles. The standard InChI is InChI=1S/C15H17ClN4/c1-10-6-7-19-15(13(10)14(17)18)20(2)9-11-4-3-5-12(16)8-11/h3-8H,9H2,1-2H3,(H3,17,18). The smallest absolute Gasteiger partial charge is 0.139 e. The molecule has 0 spiro atoms. The minimum atomic E-state index is 0.0311. The van der Waals surface area contributed by atoms with Crippen molar-refractivity contribution in [1.29, 1.82) is 5.41 Å². The van der Waals surface area contributed by atoms with Crippen LogP contribution in [0.4, 0.5) is 5.82 Å². The Hall–Kier alpha value is -2.07. The molecule has 3 N–H and O–H groups in total. The Morgan fingerprint density at radius 2 is 2.15 bits per heavy atom. The molecule has 104 valence electrons. The summed E-state index contributed by atoms with van der Waals surface area (Å²) in [7, 11) is 1.93. The third-order valence-corrected chi connectivity index (χ3v) is 3.31. The predicted molar refractivity (Wildman–Crippen MR) is 83.5 cm³/mol. The Kier molecular flexibility index (Phi) is 4.25. The fourth-order valence-electron chi connectivity index (χ4n) is 2.15. The van der Waals surface area contributed by atoms with Crippen LogP contribution in [0.2, 0.25) is 5.02 Å². The first-order valence-corrected chi connectivity index (χ1v) is 6.62. The number of hydrogen-bond donors (Lipinski definition) is 2. The molecule has 0 radical (unpaired) electrons. The van der Waals surface area contributed by atoms with Crippen molar-refractivity contribution in [2.24, 2.45) is 5.73 Å².